The molecule has 7 heteroatoms. The normalized spacial score (nSPS) is 34.5. The van der Waals surface area contributed by atoms with Gasteiger partial charge in [0.2, 0.25) is 10.0 Å². The Hall–Kier alpha value is -1.18. The van der Waals surface area contributed by atoms with Crippen LogP contribution in [0.15, 0.2) is 23.4 Å². The Morgan fingerprint density at radius 3 is 2.52 bits per heavy atom. The number of allylic oxidation sites excluding steroid dienone is 1. The van der Waals surface area contributed by atoms with Gasteiger partial charge in [0.1, 0.15) is 6.29 Å². The van der Waals surface area contributed by atoms with Crippen molar-refractivity contribution in [3.8, 4) is 0 Å². The van der Waals surface area contributed by atoms with E-state index in [1.54, 1.807) is 4.31 Å². The number of aldehydes is 1. The zero-order chi connectivity index (χ0) is 20.6. The third-order valence-corrected chi connectivity index (χ3v) is 9.73. The maximum atomic E-state index is 12.8. The van der Waals surface area contributed by atoms with Gasteiger partial charge in [-0.1, -0.05) is 12.2 Å². The molecule has 0 amide bonds. The van der Waals surface area contributed by atoms with Crippen LogP contribution in [-0.4, -0.2) is 66.0 Å². The van der Waals surface area contributed by atoms with Gasteiger partial charge in [-0.3, -0.25) is 0 Å². The molecule has 5 unspecified atom stereocenters. The topological polar surface area (TPSA) is 77.9 Å². The Morgan fingerprint density at radius 1 is 1.14 bits per heavy atom. The van der Waals surface area contributed by atoms with Gasteiger partial charge in [-0.15, -0.1) is 0 Å². The average molecular weight is 423 g/mol. The van der Waals surface area contributed by atoms with Crippen LogP contribution in [0, 0.1) is 11.8 Å². The number of rotatable bonds is 6. The number of carbonyl (C=O) groups excluding carboxylic acids is 1. The molecule has 1 N–H and O–H groups in total. The van der Waals surface area contributed by atoms with Crippen molar-refractivity contribution in [1.29, 1.82) is 0 Å². The second-order valence-electron chi connectivity index (χ2n) is 9.07. The lowest BCUT2D eigenvalue weighted by Crippen LogP contribution is -2.42. The summed E-state index contributed by atoms with van der Waals surface area (Å²) in [5, 5.41) is 10.9. The van der Waals surface area contributed by atoms with Gasteiger partial charge in [0.25, 0.3) is 0 Å². The first-order valence-corrected chi connectivity index (χ1v) is 12.7. The Morgan fingerprint density at radius 2 is 1.86 bits per heavy atom. The van der Waals surface area contributed by atoms with Gasteiger partial charge in [-0.05, 0) is 63.9 Å². The minimum Gasteiger partial charge on any atom is -0.392 e. The minimum absolute atomic E-state index is 0.0284. The number of sulfonamides is 1. The van der Waals surface area contributed by atoms with Crippen molar-refractivity contribution < 1.29 is 18.3 Å². The molecule has 0 saturated carbocycles. The molecule has 2 aliphatic carbocycles. The first-order valence-electron chi connectivity index (χ1n) is 11.2. The number of nitrogens with zero attached hydrogens (tertiary/aromatic N) is 2. The van der Waals surface area contributed by atoms with Crippen LogP contribution >= 0.6 is 0 Å². The van der Waals surface area contributed by atoms with Gasteiger partial charge < -0.3 is 14.8 Å². The lowest BCUT2D eigenvalue weighted by molar-refractivity contribution is -0.109. The maximum absolute atomic E-state index is 12.8. The van der Waals surface area contributed by atoms with Crippen LogP contribution in [0.3, 0.4) is 0 Å². The molecule has 0 spiro atoms. The van der Waals surface area contributed by atoms with E-state index in [0.717, 1.165) is 44.8 Å². The van der Waals surface area contributed by atoms with Crippen molar-refractivity contribution in [1.82, 2.24) is 9.21 Å². The van der Waals surface area contributed by atoms with E-state index in [1.807, 2.05) is 12.2 Å². The highest BCUT2D eigenvalue weighted by Gasteiger charge is 2.44. The first-order chi connectivity index (χ1) is 13.9. The fourth-order valence-electron chi connectivity index (χ4n) is 5.93. The van der Waals surface area contributed by atoms with Gasteiger partial charge in [0.15, 0.2) is 0 Å². The summed E-state index contributed by atoms with van der Waals surface area (Å²) in [4.78, 5) is 13.4. The number of hydrogen-bond donors (Lipinski definition) is 1. The molecular weight excluding hydrogens is 388 g/mol. The summed E-state index contributed by atoms with van der Waals surface area (Å²) in [5.74, 6) is 0.00553. The summed E-state index contributed by atoms with van der Waals surface area (Å²) in [6.45, 7) is 3.78. The summed E-state index contributed by atoms with van der Waals surface area (Å²) in [6, 6.07) is 0.109. The summed E-state index contributed by atoms with van der Waals surface area (Å²) in [7, 11) is -3.27. The molecule has 29 heavy (non-hydrogen) atoms. The van der Waals surface area contributed by atoms with Crippen molar-refractivity contribution in [2.24, 2.45) is 11.8 Å². The number of aliphatic hydroxyl groups is 1. The Balaban J connectivity index is 1.49. The van der Waals surface area contributed by atoms with Crippen LogP contribution in [0.1, 0.15) is 58.3 Å². The highest BCUT2D eigenvalue weighted by molar-refractivity contribution is 7.89. The van der Waals surface area contributed by atoms with Gasteiger partial charge in [0.05, 0.1) is 17.9 Å². The molecule has 0 aromatic rings. The fraction of sp³-hybridized carbons (Fsp3) is 0.773. The van der Waals surface area contributed by atoms with Crippen LogP contribution in [0.4, 0.5) is 0 Å². The largest absolute Gasteiger partial charge is 0.392 e. The third kappa shape index (κ3) is 3.81. The number of carbonyl (C=O) groups is 1. The van der Waals surface area contributed by atoms with E-state index < -0.39 is 21.4 Å². The second-order valence-corrected chi connectivity index (χ2v) is 11.2. The van der Waals surface area contributed by atoms with Gasteiger partial charge in [0, 0.05) is 36.7 Å². The number of hydrogen-bond acceptors (Lipinski definition) is 5. The zero-order valence-electron chi connectivity index (χ0n) is 17.4. The molecule has 0 aromatic heterocycles. The third-order valence-electron chi connectivity index (χ3n) is 7.48. The standard InChI is InChI=1S/C22H34N2O4S/c1-16-21(19-6-2-3-7-20(19)24(16)14-15-25)22(26)17-8-10-18(11-9-17)29(27,28)23-12-4-5-13-23/h8,10,15-18,21-22,26H,2-7,9,11-14H2,1H3. The van der Waals surface area contributed by atoms with E-state index in [4.69, 9.17) is 0 Å². The predicted octanol–water partition coefficient (Wildman–Crippen LogP) is 2.46. The van der Waals surface area contributed by atoms with Gasteiger partial charge in [-0.2, -0.15) is 0 Å². The Bertz CT molecular complexity index is 785. The highest BCUT2D eigenvalue weighted by atomic mass is 32.2. The summed E-state index contributed by atoms with van der Waals surface area (Å²) < 4.78 is 27.3. The van der Waals surface area contributed by atoms with Crippen LogP contribution < -0.4 is 0 Å². The van der Waals surface area contributed by atoms with E-state index >= 15 is 0 Å². The monoisotopic (exact) mass is 422 g/mol. The average Bonchev–Trinajstić information content (AvgIpc) is 3.36. The van der Waals surface area contributed by atoms with Crippen LogP contribution in [0.2, 0.25) is 0 Å². The van der Waals surface area contributed by atoms with Gasteiger partial charge in [-0.25, -0.2) is 12.7 Å². The lowest BCUT2D eigenvalue weighted by Gasteiger charge is -2.35. The molecule has 4 aliphatic rings. The molecule has 0 radical (unpaired) electrons. The summed E-state index contributed by atoms with van der Waals surface area (Å²) >= 11 is 0. The summed E-state index contributed by atoms with van der Waals surface area (Å²) in [6.07, 6.45) is 11.6. The van der Waals surface area contributed by atoms with Crippen molar-refractivity contribution in [3.63, 3.8) is 0 Å². The zero-order valence-corrected chi connectivity index (χ0v) is 18.2. The summed E-state index contributed by atoms with van der Waals surface area (Å²) in [5.41, 5.74) is 2.60. The van der Waals surface area contributed by atoms with Crippen LogP contribution in [0.25, 0.3) is 0 Å². The van der Waals surface area contributed by atoms with E-state index in [1.165, 1.54) is 11.3 Å². The SMILES string of the molecule is CC1C(C(O)C2C=CC(S(=O)(=O)N3CCCC3)CC2)C2=C(CCCC2)N1CC=O. The Kier molecular flexibility index (Phi) is 6.19. The molecule has 6 nitrogen and oxygen atoms in total. The molecule has 0 aromatic carbocycles. The maximum Gasteiger partial charge on any atom is 0.220 e. The van der Waals surface area contributed by atoms with Crippen LogP contribution in [0.5, 0.6) is 0 Å². The van der Waals surface area contributed by atoms with E-state index in [9.17, 15) is 18.3 Å². The molecule has 4 rings (SSSR count). The van der Waals surface area contributed by atoms with Gasteiger partial charge >= 0.3 is 0 Å². The molecule has 2 heterocycles. The van der Waals surface area contributed by atoms with Crippen LogP contribution in [-0.2, 0) is 14.8 Å². The van der Waals surface area contributed by atoms with Crippen molar-refractivity contribution >= 4 is 16.3 Å². The molecular formula is C22H34N2O4S. The molecule has 1 fully saturated rings. The molecule has 5 atom stereocenters. The predicted molar refractivity (Wildman–Crippen MR) is 113 cm³/mol. The smallest absolute Gasteiger partial charge is 0.220 e. The van der Waals surface area contributed by atoms with E-state index in [2.05, 4.69) is 11.8 Å². The molecule has 0 bridgehead atoms. The second kappa shape index (κ2) is 8.52. The minimum atomic E-state index is -3.27. The van der Waals surface area contributed by atoms with Crippen molar-refractivity contribution in [2.75, 3.05) is 19.6 Å². The molecule has 2 aliphatic heterocycles. The molecule has 162 valence electrons. The number of aliphatic hydroxyl groups excluding tert-OH is 1. The Labute approximate surface area is 174 Å². The van der Waals surface area contributed by atoms with Crippen molar-refractivity contribution in [2.45, 2.75) is 75.7 Å². The lowest BCUT2D eigenvalue weighted by atomic mass is 9.77. The highest BCUT2D eigenvalue weighted by Crippen LogP contribution is 2.45. The first kappa shape index (κ1) is 21.1. The van der Waals surface area contributed by atoms with Crippen molar-refractivity contribution in [3.05, 3.63) is 23.4 Å². The van der Waals surface area contributed by atoms with E-state index in [-0.39, 0.29) is 17.9 Å². The van der Waals surface area contributed by atoms with E-state index in [0.29, 0.717) is 32.5 Å². The quantitative estimate of drug-likeness (QED) is 0.526. The molecule has 1 saturated heterocycles. The fourth-order valence-corrected chi connectivity index (χ4v) is 7.80.